The largest absolute Gasteiger partial charge is 0.339 e. The van der Waals surface area contributed by atoms with Crippen LogP contribution in [0.3, 0.4) is 0 Å². The van der Waals surface area contributed by atoms with E-state index in [-0.39, 0.29) is 5.41 Å². The monoisotopic (exact) mass is 338 g/mol. The normalized spacial score (nSPS) is 11.6. The highest BCUT2D eigenvalue weighted by atomic mass is 79.9. The molecule has 4 nitrogen and oxygen atoms in total. The van der Waals surface area contributed by atoms with Crippen molar-refractivity contribution in [1.29, 1.82) is 0 Å². The van der Waals surface area contributed by atoms with Crippen molar-refractivity contribution < 1.29 is 0 Å². The molecule has 6 heteroatoms. The van der Waals surface area contributed by atoms with Gasteiger partial charge < -0.3 is 4.98 Å². The van der Waals surface area contributed by atoms with E-state index < -0.39 is 0 Å². The lowest BCUT2D eigenvalue weighted by molar-refractivity contribution is 0.563. The minimum absolute atomic E-state index is 0.0746. The van der Waals surface area contributed by atoms with Crippen LogP contribution in [0.5, 0.6) is 0 Å². The van der Waals surface area contributed by atoms with Crippen LogP contribution in [0, 0.1) is 11.6 Å². The van der Waals surface area contributed by atoms with Crippen molar-refractivity contribution in [3.8, 4) is 11.6 Å². The maximum Gasteiger partial charge on any atom is 0.195 e. The Morgan fingerprint density at radius 2 is 1.79 bits per heavy atom. The molecular formula is C13H15BrN4S. The number of hydrogen-bond donors (Lipinski definition) is 1. The van der Waals surface area contributed by atoms with E-state index in [0.717, 1.165) is 15.7 Å². The third kappa shape index (κ3) is 3.06. The van der Waals surface area contributed by atoms with E-state index in [1.54, 1.807) is 12.4 Å². The van der Waals surface area contributed by atoms with Crippen molar-refractivity contribution in [3.05, 3.63) is 32.8 Å². The molecule has 2 rings (SSSR count). The Kier molecular flexibility index (Phi) is 3.82. The molecule has 0 atom stereocenters. The van der Waals surface area contributed by atoms with Crippen LogP contribution in [0.25, 0.3) is 11.6 Å². The minimum Gasteiger partial charge on any atom is -0.339 e. The Bertz CT molecular complexity index is 656. The second-order valence-electron chi connectivity index (χ2n) is 5.41. The molecule has 0 spiro atoms. The van der Waals surface area contributed by atoms with Gasteiger partial charge in [-0.25, -0.2) is 15.0 Å². The van der Waals surface area contributed by atoms with Crippen molar-refractivity contribution >= 4 is 28.1 Å². The summed E-state index contributed by atoms with van der Waals surface area (Å²) in [6.45, 7) is 8.27. The molecule has 0 amide bonds. The van der Waals surface area contributed by atoms with Gasteiger partial charge in [0, 0.05) is 23.5 Å². The number of H-pyrrole nitrogens is 1. The lowest BCUT2D eigenvalue weighted by Crippen LogP contribution is -2.16. The van der Waals surface area contributed by atoms with Gasteiger partial charge in [-0.2, -0.15) is 0 Å². The zero-order valence-electron chi connectivity index (χ0n) is 11.3. The molecule has 0 unspecified atom stereocenters. The van der Waals surface area contributed by atoms with Crippen LogP contribution in [-0.4, -0.2) is 19.9 Å². The first-order valence-corrected chi connectivity index (χ1v) is 7.08. The summed E-state index contributed by atoms with van der Waals surface area (Å²) < 4.78 is 1.34. The second kappa shape index (κ2) is 5.09. The molecule has 2 aromatic rings. The summed E-state index contributed by atoms with van der Waals surface area (Å²) in [5, 5.41) is 0. The standard InChI is InChI=1S/C13H15BrN4S/c1-7-5-15-10(16-6-7)11-17-9(13(2,3)4)8(14)12(19)18-11/h5-6H,1-4H3,(H,17,18,19). The maximum absolute atomic E-state index is 5.29. The smallest absolute Gasteiger partial charge is 0.195 e. The molecule has 19 heavy (non-hydrogen) atoms. The van der Waals surface area contributed by atoms with Crippen LogP contribution < -0.4 is 0 Å². The molecule has 0 radical (unpaired) electrons. The Morgan fingerprint density at radius 1 is 1.21 bits per heavy atom. The number of nitrogens with one attached hydrogen (secondary N) is 1. The summed E-state index contributed by atoms with van der Waals surface area (Å²) in [5.74, 6) is 1.15. The molecular weight excluding hydrogens is 324 g/mol. The Balaban J connectivity index is 2.63. The van der Waals surface area contributed by atoms with Crippen LogP contribution in [-0.2, 0) is 5.41 Å². The van der Waals surface area contributed by atoms with Crippen LogP contribution in [0.4, 0.5) is 0 Å². The average Bonchev–Trinajstić information content (AvgIpc) is 2.32. The fraction of sp³-hybridized carbons (Fsp3) is 0.385. The molecule has 100 valence electrons. The quantitative estimate of drug-likeness (QED) is 0.799. The first-order chi connectivity index (χ1) is 8.79. The number of aryl methyl sites for hydroxylation is 1. The highest BCUT2D eigenvalue weighted by Gasteiger charge is 2.21. The highest BCUT2D eigenvalue weighted by Crippen LogP contribution is 2.29. The van der Waals surface area contributed by atoms with Gasteiger partial charge in [0.05, 0.1) is 4.47 Å². The lowest BCUT2D eigenvalue weighted by Gasteiger charge is -2.21. The third-order valence-corrected chi connectivity index (χ3v) is 3.94. The van der Waals surface area contributed by atoms with Crippen molar-refractivity contribution in [2.24, 2.45) is 0 Å². The summed E-state index contributed by atoms with van der Waals surface area (Å²) in [5.41, 5.74) is 1.93. The van der Waals surface area contributed by atoms with Gasteiger partial charge in [-0.3, -0.25) is 0 Å². The van der Waals surface area contributed by atoms with Crippen molar-refractivity contribution in [1.82, 2.24) is 19.9 Å². The Morgan fingerprint density at radius 3 is 2.32 bits per heavy atom. The van der Waals surface area contributed by atoms with Crippen LogP contribution in [0.15, 0.2) is 16.9 Å². The third-order valence-electron chi connectivity index (χ3n) is 2.61. The Hall–Kier alpha value is -1.14. The van der Waals surface area contributed by atoms with Gasteiger partial charge in [-0.05, 0) is 28.4 Å². The van der Waals surface area contributed by atoms with Crippen molar-refractivity contribution in [2.45, 2.75) is 33.1 Å². The van der Waals surface area contributed by atoms with Gasteiger partial charge in [0.15, 0.2) is 11.6 Å². The molecule has 2 aromatic heterocycles. The summed E-state index contributed by atoms with van der Waals surface area (Å²) in [6.07, 6.45) is 3.53. The molecule has 2 heterocycles. The first-order valence-electron chi connectivity index (χ1n) is 5.88. The zero-order valence-corrected chi connectivity index (χ0v) is 13.7. The molecule has 0 saturated heterocycles. The summed E-state index contributed by atoms with van der Waals surface area (Å²) in [6, 6.07) is 0. The molecule has 0 aliphatic carbocycles. The topological polar surface area (TPSA) is 54.5 Å². The number of halogens is 1. The fourth-order valence-corrected chi connectivity index (χ4v) is 2.57. The molecule has 0 aromatic carbocycles. The summed E-state index contributed by atoms with van der Waals surface area (Å²) >= 11 is 8.78. The van der Waals surface area contributed by atoms with E-state index >= 15 is 0 Å². The first kappa shape index (κ1) is 14.3. The van der Waals surface area contributed by atoms with E-state index in [1.807, 2.05) is 6.92 Å². The van der Waals surface area contributed by atoms with Gasteiger partial charge in [0.2, 0.25) is 0 Å². The Labute approximate surface area is 125 Å². The molecule has 0 fully saturated rings. The predicted molar refractivity (Wildman–Crippen MR) is 81.6 cm³/mol. The maximum atomic E-state index is 5.29. The van der Waals surface area contributed by atoms with E-state index in [0.29, 0.717) is 16.3 Å². The number of hydrogen-bond acceptors (Lipinski definition) is 4. The molecule has 0 aliphatic rings. The van der Waals surface area contributed by atoms with E-state index in [2.05, 4.69) is 56.6 Å². The second-order valence-corrected chi connectivity index (χ2v) is 6.59. The molecule has 0 saturated carbocycles. The summed E-state index contributed by atoms with van der Waals surface area (Å²) in [7, 11) is 0. The van der Waals surface area contributed by atoms with Crippen molar-refractivity contribution in [2.75, 3.05) is 0 Å². The number of aromatic amines is 1. The number of aromatic nitrogens is 4. The van der Waals surface area contributed by atoms with Gasteiger partial charge in [0.25, 0.3) is 0 Å². The van der Waals surface area contributed by atoms with Crippen LogP contribution in [0.1, 0.15) is 32.0 Å². The zero-order chi connectivity index (χ0) is 14.2. The van der Waals surface area contributed by atoms with E-state index in [4.69, 9.17) is 12.2 Å². The van der Waals surface area contributed by atoms with E-state index in [1.165, 1.54) is 0 Å². The number of rotatable bonds is 1. The van der Waals surface area contributed by atoms with E-state index in [9.17, 15) is 0 Å². The van der Waals surface area contributed by atoms with Gasteiger partial charge in [-0.15, -0.1) is 0 Å². The SMILES string of the molecule is Cc1cnc(-c2nc(=S)c(Br)c(C(C)(C)C)[nH]2)nc1. The van der Waals surface area contributed by atoms with Gasteiger partial charge >= 0.3 is 0 Å². The molecule has 0 bridgehead atoms. The fourth-order valence-electron chi connectivity index (χ4n) is 1.60. The van der Waals surface area contributed by atoms with Crippen LogP contribution in [0.2, 0.25) is 0 Å². The van der Waals surface area contributed by atoms with Crippen molar-refractivity contribution in [3.63, 3.8) is 0 Å². The highest BCUT2D eigenvalue weighted by molar-refractivity contribution is 9.10. The molecule has 0 aliphatic heterocycles. The molecule has 1 N–H and O–H groups in total. The summed E-state index contributed by atoms with van der Waals surface area (Å²) in [4.78, 5) is 16.2. The number of nitrogens with zero attached hydrogens (tertiary/aromatic N) is 3. The predicted octanol–water partition coefficient (Wildman–Crippen LogP) is 3.96. The van der Waals surface area contributed by atoms with Crippen LogP contribution >= 0.6 is 28.1 Å². The lowest BCUT2D eigenvalue weighted by atomic mass is 9.92. The average molecular weight is 339 g/mol. The van der Waals surface area contributed by atoms with Gasteiger partial charge in [-0.1, -0.05) is 33.0 Å². The van der Waals surface area contributed by atoms with Gasteiger partial charge in [0.1, 0.15) is 4.64 Å². The minimum atomic E-state index is -0.0746.